The van der Waals surface area contributed by atoms with Crippen LogP contribution in [0.1, 0.15) is 11.3 Å². The minimum absolute atomic E-state index is 0.153. The molecule has 132 valence electrons. The predicted molar refractivity (Wildman–Crippen MR) is 102 cm³/mol. The molecule has 0 bridgehead atoms. The molecule has 0 saturated carbocycles. The number of anilines is 1. The number of sulfonamides is 1. The summed E-state index contributed by atoms with van der Waals surface area (Å²) in [5.41, 5.74) is 3.38. The van der Waals surface area contributed by atoms with E-state index in [1.165, 1.54) is 26.2 Å². The molecule has 0 spiro atoms. The van der Waals surface area contributed by atoms with Gasteiger partial charge >= 0.3 is 0 Å². The van der Waals surface area contributed by atoms with Gasteiger partial charge in [0.25, 0.3) is 5.91 Å². The second-order valence-electron chi connectivity index (χ2n) is 6.32. The monoisotopic (exact) mass is 367 g/mol. The Labute approximate surface area is 151 Å². The first kappa shape index (κ1) is 16.6. The number of para-hydroxylation sites is 1. The van der Waals surface area contributed by atoms with E-state index in [9.17, 15) is 13.2 Å². The van der Waals surface area contributed by atoms with Crippen LogP contribution in [0.15, 0.2) is 53.4 Å². The summed E-state index contributed by atoms with van der Waals surface area (Å²) in [6.07, 6.45) is 1.74. The fourth-order valence-electron chi connectivity index (χ4n) is 3.01. The highest BCUT2D eigenvalue weighted by molar-refractivity contribution is 7.89. The Bertz CT molecular complexity index is 1140. The van der Waals surface area contributed by atoms with Crippen LogP contribution in [0.25, 0.3) is 22.6 Å². The van der Waals surface area contributed by atoms with E-state index in [4.69, 9.17) is 0 Å². The Kier molecular flexibility index (Phi) is 3.71. The van der Waals surface area contributed by atoms with Crippen LogP contribution in [0.3, 0.4) is 0 Å². The number of aromatic amines is 1. The van der Waals surface area contributed by atoms with Gasteiger partial charge in [0.1, 0.15) is 0 Å². The van der Waals surface area contributed by atoms with Crippen molar-refractivity contribution in [1.29, 1.82) is 0 Å². The number of nitrogens with zero attached hydrogens (tertiary/aromatic N) is 1. The Morgan fingerprint density at radius 1 is 1.04 bits per heavy atom. The van der Waals surface area contributed by atoms with Crippen molar-refractivity contribution in [3.63, 3.8) is 0 Å². The lowest BCUT2D eigenvalue weighted by Crippen LogP contribution is -2.22. The molecule has 0 saturated heterocycles. The maximum atomic E-state index is 12.4. The van der Waals surface area contributed by atoms with Crippen LogP contribution < -0.4 is 5.32 Å². The van der Waals surface area contributed by atoms with E-state index in [2.05, 4.69) is 10.3 Å². The molecule has 1 aliphatic rings. The fraction of sp³-hybridized carbons (Fsp3) is 0.105. The normalized spacial score (nSPS) is 15.7. The number of amides is 1. The first-order chi connectivity index (χ1) is 12.4. The number of nitrogens with one attached hydrogen (secondary N) is 2. The maximum Gasteiger partial charge on any atom is 0.256 e. The van der Waals surface area contributed by atoms with Gasteiger partial charge in [0.2, 0.25) is 10.0 Å². The van der Waals surface area contributed by atoms with E-state index in [0.717, 1.165) is 20.9 Å². The van der Waals surface area contributed by atoms with Gasteiger partial charge in [-0.1, -0.05) is 18.2 Å². The number of hydrogen-bond donors (Lipinski definition) is 2. The Balaban J connectivity index is 1.83. The van der Waals surface area contributed by atoms with Gasteiger partial charge in [-0.3, -0.25) is 4.79 Å². The lowest BCUT2D eigenvalue weighted by atomic mass is 10.1. The first-order valence-electron chi connectivity index (χ1n) is 8.04. The largest absolute Gasteiger partial charge is 0.355 e. The van der Waals surface area contributed by atoms with Gasteiger partial charge in [0.15, 0.2) is 0 Å². The van der Waals surface area contributed by atoms with Crippen molar-refractivity contribution < 1.29 is 13.2 Å². The average Bonchev–Trinajstić information content (AvgIpc) is 3.15. The molecule has 0 atom stereocenters. The van der Waals surface area contributed by atoms with Crippen LogP contribution >= 0.6 is 0 Å². The third kappa shape index (κ3) is 2.61. The summed E-state index contributed by atoms with van der Waals surface area (Å²) in [6.45, 7) is 0. The Hall–Kier alpha value is -2.90. The molecule has 2 N–H and O–H groups in total. The number of benzene rings is 2. The zero-order chi connectivity index (χ0) is 18.5. The van der Waals surface area contributed by atoms with Gasteiger partial charge in [-0.15, -0.1) is 0 Å². The highest BCUT2D eigenvalue weighted by Crippen LogP contribution is 2.35. The second kappa shape index (κ2) is 5.82. The summed E-state index contributed by atoms with van der Waals surface area (Å²) in [5, 5.41) is 3.82. The Morgan fingerprint density at radius 2 is 1.81 bits per heavy atom. The van der Waals surface area contributed by atoms with Crippen LogP contribution in [-0.4, -0.2) is 37.7 Å². The molecule has 1 amide bonds. The molecule has 0 unspecified atom stereocenters. The van der Waals surface area contributed by atoms with E-state index in [-0.39, 0.29) is 10.8 Å². The minimum Gasteiger partial charge on any atom is -0.355 e. The maximum absolute atomic E-state index is 12.4. The van der Waals surface area contributed by atoms with Crippen molar-refractivity contribution in [2.75, 3.05) is 19.4 Å². The van der Waals surface area contributed by atoms with Gasteiger partial charge in [-0.2, -0.15) is 0 Å². The number of carbonyl (C=O) groups is 1. The van der Waals surface area contributed by atoms with E-state index in [1.807, 2.05) is 30.3 Å². The number of fused-ring (bicyclic) bond motifs is 2. The summed E-state index contributed by atoms with van der Waals surface area (Å²) >= 11 is 0. The van der Waals surface area contributed by atoms with E-state index in [0.29, 0.717) is 16.8 Å². The lowest BCUT2D eigenvalue weighted by Gasteiger charge is -2.12. The SMILES string of the molecule is CN(C)S(=O)(=O)c1ccc2c(c1)/C(=C/c1cc3ccccc3[nH]1)C(=O)N2. The van der Waals surface area contributed by atoms with Crippen molar-refractivity contribution in [2.24, 2.45) is 0 Å². The van der Waals surface area contributed by atoms with Gasteiger partial charge in [-0.25, -0.2) is 12.7 Å². The Morgan fingerprint density at radius 3 is 2.54 bits per heavy atom. The molecule has 3 aromatic rings. The topological polar surface area (TPSA) is 82.3 Å². The number of carbonyl (C=O) groups excluding carboxylic acids is 1. The van der Waals surface area contributed by atoms with Crippen molar-refractivity contribution in [2.45, 2.75) is 4.90 Å². The summed E-state index contributed by atoms with van der Waals surface area (Å²) < 4.78 is 25.9. The second-order valence-corrected chi connectivity index (χ2v) is 8.47. The van der Waals surface area contributed by atoms with Gasteiger partial charge < -0.3 is 10.3 Å². The van der Waals surface area contributed by atoms with E-state index in [1.54, 1.807) is 12.1 Å². The lowest BCUT2D eigenvalue weighted by molar-refractivity contribution is -0.110. The summed E-state index contributed by atoms with van der Waals surface area (Å²) in [7, 11) is -0.615. The quantitative estimate of drug-likeness (QED) is 0.698. The van der Waals surface area contributed by atoms with Gasteiger partial charge in [0, 0.05) is 36.6 Å². The molecule has 1 aliphatic heterocycles. The zero-order valence-electron chi connectivity index (χ0n) is 14.3. The molecule has 2 aromatic carbocycles. The molecular weight excluding hydrogens is 350 g/mol. The van der Waals surface area contributed by atoms with Crippen molar-refractivity contribution >= 4 is 44.2 Å². The van der Waals surface area contributed by atoms with E-state index >= 15 is 0 Å². The molecule has 7 heteroatoms. The van der Waals surface area contributed by atoms with Crippen LogP contribution in [0.4, 0.5) is 5.69 Å². The molecule has 1 aromatic heterocycles. The number of H-pyrrole nitrogens is 1. The van der Waals surface area contributed by atoms with Gasteiger partial charge in [-0.05, 0) is 41.8 Å². The third-order valence-corrected chi connectivity index (χ3v) is 6.21. The van der Waals surface area contributed by atoms with E-state index < -0.39 is 10.0 Å². The van der Waals surface area contributed by atoms with Crippen LogP contribution in [0, 0.1) is 0 Å². The van der Waals surface area contributed by atoms with Crippen LogP contribution in [-0.2, 0) is 14.8 Å². The highest BCUT2D eigenvalue weighted by Gasteiger charge is 2.27. The van der Waals surface area contributed by atoms with Crippen molar-refractivity contribution in [1.82, 2.24) is 9.29 Å². The molecule has 26 heavy (non-hydrogen) atoms. The summed E-state index contributed by atoms with van der Waals surface area (Å²) in [5.74, 6) is -0.252. The molecule has 4 rings (SSSR count). The highest BCUT2D eigenvalue weighted by atomic mass is 32.2. The summed E-state index contributed by atoms with van der Waals surface area (Å²) in [4.78, 5) is 15.8. The number of hydrogen-bond acceptors (Lipinski definition) is 3. The predicted octanol–water partition coefficient (Wildman–Crippen LogP) is 2.91. The molecule has 6 nitrogen and oxygen atoms in total. The van der Waals surface area contributed by atoms with Crippen molar-refractivity contribution in [3.05, 3.63) is 59.8 Å². The molecule has 2 heterocycles. The van der Waals surface area contributed by atoms with Gasteiger partial charge in [0.05, 0.1) is 10.5 Å². The van der Waals surface area contributed by atoms with Crippen LogP contribution in [0.2, 0.25) is 0 Å². The smallest absolute Gasteiger partial charge is 0.256 e. The number of aromatic nitrogens is 1. The minimum atomic E-state index is -3.57. The first-order valence-corrected chi connectivity index (χ1v) is 9.48. The molecule has 0 radical (unpaired) electrons. The zero-order valence-corrected chi connectivity index (χ0v) is 15.1. The fourth-order valence-corrected chi connectivity index (χ4v) is 3.94. The molecular formula is C19H17N3O3S. The van der Waals surface area contributed by atoms with Crippen LogP contribution in [0.5, 0.6) is 0 Å². The molecule has 0 fully saturated rings. The number of rotatable bonds is 3. The van der Waals surface area contributed by atoms with Crippen molar-refractivity contribution in [3.8, 4) is 0 Å². The average molecular weight is 367 g/mol. The summed E-state index contributed by atoms with van der Waals surface area (Å²) in [6, 6.07) is 14.4. The third-order valence-electron chi connectivity index (χ3n) is 4.40. The molecule has 0 aliphatic carbocycles. The standard InChI is InChI=1S/C19H17N3O3S/c1-22(2)26(24,25)14-7-8-18-15(11-14)16(19(23)21-18)10-13-9-12-5-3-4-6-17(12)20-13/h3-11,20H,1-2H3,(H,21,23)/b16-10-.